The van der Waals surface area contributed by atoms with Crippen LogP contribution in [0.4, 0.5) is 0 Å². The van der Waals surface area contributed by atoms with Crippen LogP contribution in [0.25, 0.3) is 49.7 Å². The smallest absolute Gasteiger partial charge is 0.194 e. The third-order valence-corrected chi connectivity index (χ3v) is 7.33. The van der Waals surface area contributed by atoms with Crippen LogP contribution in [0.5, 0.6) is 0 Å². The highest BCUT2D eigenvalue weighted by molar-refractivity contribution is 6.27. The molecule has 0 aliphatic heterocycles. The van der Waals surface area contributed by atoms with E-state index >= 15 is 0 Å². The molecule has 1 heterocycles. The number of rotatable bonds is 1. The summed E-state index contributed by atoms with van der Waals surface area (Å²) in [6, 6.07) is 31.3. The first-order valence-electron chi connectivity index (χ1n) is 11.6. The average molecular weight is 448 g/mol. The van der Waals surface area contributed by atoms with Crippen molar-refractivity contribution in [1.82, 2.24) is 9.78 Å². The Kier molecular flexibility index (Phi) is 3.39. The van der Waals surface area contributed by atoms with Crippen LogP contribution < -0.4 is 0 Å². The number of aromatic nitrogens is 2. The predicted molar refractivity (Wildman–Crippen MR) is 136 cm³/mol. The molecule has 1 aromatic heterocycles. The van der Waals surface area contributed by atoms with E-state index in [1.54, 1.807) is 0 Å². The molecule has 0 bridgehead atoms. The molecule has 2 aliphatic carbocycles. The number of benzene rings is 5. The largest absolute Gasteiger partial charge is 0.289 e. The quantitative estimate of drug-likeness (QED) is 0.284. The van der Waals surface area contributed by atoms with Crippen molar-refractivity contribution in [3.05, 3.63) is 119 Å². The molecule has 8 rings (SSSR count). The fraction of sp³-hybridized carbons (Fsp3) is 0. The Morgan fingerprint density at radius 2 is 1.09 bits per heavy atom. The Labute approximate surface area is 200 Å². The van der Waals surface area contributed by atoms with E-state index < -0.39 is 0 Å². The monoisotopic (exact) mass is 448 g/mol. The zero-order valence-corrected chi connectivity index (χ0v) is 18.4. The highest BCUT2D eigenvalue weighted by atomic mass is 16.1. The van der Waals surface area contributed by atoms with Gasteiger partial charge in [-0.1, -0.05) is 84.9 Å². The van der Waals surface area contributed by atoms with Gasteiger partial charge in [0.15, 0.2) is 11.6 Å². The second kappa shape index (κ2) is 6.39. The lowest BCUT2D eigenvalue weighted by atomic mass is 9.82. The van der Waals surface area contributed by atoms with Gasteiger partial charge < -0.3 is 0 Å². The van der Waals surface area contributed by atoms with Crippen molar-refractivity contribution in [2.45, 2.75) is 0 Å². The van der Waals surface area contributed by atoms with E-state index in [0.29, 0.717) is 16.7 Å². The lowest BCUT2D eigenvalue weighted by Gasteiger charge is -2.21. The second-order valence-electron chi connectivity index (χ2n) is 9.07. The van der Waals surface area contributed by atoms with E-state index in [9.17, 15) is 9.59 Å². The first-order valence-corrected chi connectivity index (χ1v) is 11.6. The minimum absolute atomic E-state index is 0.0253. The highest BCUT2D eigenvalue weighted by Crippen LogP contribution is 2.44. The van der Waals surface area contributed by atoms with E-state index in [1.807, 2.05) is 83.5 Å². The van der Waals surface area contributed by atoms with Gasteiger partial charge in [-0.25, -0.2) is 4.68 Å². The predicted octanol–water partition coefficient (Wildman–Crippen LogP) is 6.60. The summed E-state index contributed by atoms with van der Waals surface area (Å²) >= 11 is 0. The molecule has 0 radical (unpaired) electrons. The van der Waals surface area contributed by atoms with Crippen molar-refractivity contribution in [3.8, 4) is 28.1 Å². The standard InChI is InChI=1S/C31H16N2O2/c34-30-20-9-3-1-7-17(20)18-15-16-25(22-11-5-12-23(30)27(18)22)33-26-14-6-13-24-28(26)29(32-33)19-8-2-4-10-21(19)31(24)35/h1-16H. The molecule has 5 aromatic carbocycles. The zero-order valence-electron chi connectivity index (χ0n) is 18.4. The summed E-state index contributed by atoms with van der Waals surface area (Å²) < 4.78 is 1.93. The van der Waals surface area contributed by atoms with Crippen LogP contribution in [0.2, 0.25) is 0 Å². The molecule has 6 aromatic rings. The molecule has 4 nitrogen and oxygen atoms in total. The van der Waals surface area contributed by atoms with E-state index in [2.05, 4.69) is 18.2 Å². The normalized spacial score (nSPS) is 13.3. The first-order chi connectivity index (χ1) is 17.2. The SMILES string of the molecule is O=C1c2ccccc2-c2ccc(-n3nc4c5c(cccc53)C(=O)c3ccccc3-4)c3cccc1c23. The molecule has 0 fully saturated rings. The molecule has 0 spiro atoms. The van der Waals surface area contributed by atoms with Crippen LogP contribution in [-0.2, 0) is 0 Å². The summed E-state index contributed by atoms with van der Waals surface area (Å²) in [5, 5.41) is 7.84. The number of nitrogens with zero attached hydrogens (tertiary/aromatic N) is 2. The summed E-state index contributed by atoms with van der Waals surface area (Å²) in [5.41, 5.74) is 8.24. The van der Waals surface area contributed by atoms with Crippen LogP contribution in [0, 0.1) is 0 Å². The second-order valence-corrected chi connectivity index (χ2v) is 9.07. The average Bonchev–Trinajstić information content (AvgIpc) is 3.30. The summed E-state index contributed by atoms with van der Waals surface area (Å²) in [4.78, 5) is 26.6. The number of hydrogen-bond acceptors (Lipinski definition) is 3. The van der Waals surface area contributed by atoms with E-state index in [0.717, 1.165) is 55.3 Å². The molecular weight excluding hydrogens is 432 g/mol. The van der Waals surface area contributed by atoms with Crippen LogP contribution >= 0.6 is 0 Å². The number of carbonyl (C=O) groups is 2. The van der Waals surface area contributed by atoms with Crippen LogP contribution in [0.15, 0.2) is 97.1 Å². The summed E-state index contributed by atoms with van der Waals surface area (Å²) in [5.74, 6) is 0.0685. The van der Waals surface area contributed by atoms with Crippen molar-refractivity contribution in [2.24, 2.45) is 0 Å². The summed E-state index contributed by atoms with van der Waals surface area (Å²) in [6.07, 6.45) is 0. The Hall–Kier alpha value is -4.83. The Balaban J connectivity index is 1.49. The third-order valence-electron chi connectivity index (χ3n) is 7.33. The molecule has 0 N–H and O–H groups in total. The molecule has 35 heavy (non-hydrogen) atoms. The lowest BCUT2D eigenvalue weighted by molar-refractivity contribution is 0.103. The van der Waals surface area contributed by atoms with Gasteiger partial charge in [0, 0.05) is 44.0 Å². The van der Waals surface area contributed by atoms with Crippen molar-refractivity contribution in [1.29, 1.82) is 0 Å². The Morgan fingerprint density at radius 3 is 1.86 bits per heavy atom. The molecule has 2 aliphatic rings. The number of carbonyl (C=O) groups excluding carboxylic acids is 2. The number of fused-ring (bicyclic) bond motifs is 4. The van der Waals surface area contributed by atoms with E-state index in [-0.39, 0.29) is 11.6 Å². The van der Waals surface area contributed by atoms with Crippen LogP contribution in [0.1, 0.15) is 31.8 Å². The maximum absolute atomic E-state index is 13.4. The molecular formula is C31H16N2O2. The Bertz CT molecular complexity index is 1940. The van der Waals surface area contributed by atoms with Gasteiger partial charge in [-0.15, -0.1) is 0 Å². The van der Waals surface area contributed by atoms with Crippen LogP contribution in [-0.4, -0.2) is 21.3 Å². The van der Waals surface area contributed by atoms with Gasteiger partial charge in [-0.2, -0.15) is 5.10 Å². The zero-order chi connectivity index (χ0) is 23.3. The van der Waals surface area contributed by atoms with Gasteiger partial charge in [0.2, 0.25) is 0 Å². The molecule has 0 unspecified atom stereocenters. The van der Waals surface area contributed by atoms with Crippen molar-refractivity contribution in [3.63, 3.8) is 0 Å². The van der Waals surface area contributed by atoms with Crippen molar-refractivity contribution in [2.75, 3.05) is 0 Å². The minimum atomic E-state index is 0.0253. The van der Waals surface area contributed by atoms with Gasteiger partial charge in [-0.05, 0) is 23.3 Å². The molecule has 4 heteroatoms. The fourth-order valence-electron chi connectivity index (χ4n) is 5.81. The summed E-state index contributed by atoms with van der Waals surface area (Å²) in [7, 11) is 0. The topological polar surface area (TPSA) is 52.0 Å². The van der Waals surface area contributed by atoms with E-state index in [1.165, 1.54) is 0 Å². The highest BCUT2D eigenvalue weighted by Gasteiger charge is 2.30. The van der Waals surface area contributed by atoms with Gasteiger partial charge in [0.1, 0.15) is 5.69 Å². The molecule has 0 saturated carbocycles. The Morgan fingerprint density at radius 1 is 0.486 bits per heavy atom. The maximum Gasteiger partial charge on any atom is 0.194 e. The van der Waals surface area contributed by atoms with Gasteiger partial charge in [0.05, 0.1) is 11.2 Å². The van der Waals surface area contributed by atoms with Gasteiger partial charge in [0.25, 0.3) is 0 Å². The number of ketones is 2. The fourth-order valence-corrected chi connectivity index (χ4v) is 5.81. The van der Waals surface area contributed by atoms with E-state index in [4.69, 9.17) is 5.10 Å². The molecule has 0 amide bonds. The molecule has 162 valence electrons. The van der Waals surface area contributed by atoms with Gasteiger partial charge in [-0.3, -0.25) is 9.59 Å². The van der Waals surface area contributed by atoms with Crippen molar-refractivity contribution >= 4 is 33.2 Å². The summed E-state index contributed by atoms with van der Waals surface area (Å²) in [6.45, 7) is 0. The van der Waals surface area contributed by atoms with Crippen molar-refractivity contribution < 1.29 is 9.59 Å². The third kappa shape index (κ3) is 2.23. The molecule has 0 saturated heterocycles. The first kappa shape index (κ1) is 18.6. The lowest BCUT2D eigenvalue weighted by Crippen LogP contribution is -2.10. The van der Waals surface area contributed by atoms with Crippen LogP contribution in [0.3, 0.4) is 0 Å². The minimum Gasteiger partial charge on any atom is -0.289 e. The molecule has 0 atom stereocenters. The number of hydrogen-bond donors (Lipinski definition) is 0. The maximum atomic E-state index is 13.4. The van der Waals surface area contributed by atoms with Gasteiger partial charge >= 0.3 is 0 Å².